The van der Waals surface area contributed by atoms with Crippen LogP contribution in [0.3, 0.4) is 0 Å². The van der Waals surface area contributed by atoms with Gasteiger partial charge < -0.3 is 10.1 Å². The van der Waals surface area contributed by atoms with Crippen molar-refractivity contribution in [3.63, 3.8) is 0 Å². The van der Waals surface area contributed by atoms with Gasteiger partial charge in [0.25, 0.3) is 5.91 Å². The molecule has 0 aliphatic heterocycles. The molecule has 24 heavy (non-hydrogen) atoms. The van der Waals surface area contributed by atoms with Gasteiger partial charge >= 0.3 is 0 Å². The second-order valence-corrected chi connectivity index (χ2v) is 7.30. The van der Waals surface area contributed by atoms with Crippen LogP contribution in [0.25, 0.3) is 0 Å². The van der Waals surface area contributed by atoms with Gasteiger partial charge in [-0.25, -0.2) is 4.98 Å². The molecular weight excluding hydrogens is 320 g/mol. The third kappa shape index (κ3) is 4.57. The molecule has 1 amide bonds. The summed E-state index contributed by atoms with van der Waals surface area (Å²) in [4.78, 5) is 17.5. The summed E-state index contributed by atoms with van der Waals surface area (Å²) in [6, 6.07) is 5.77. The standard InChI is InChI=1S/C19H26N2O2S/c1-6-7-9-12(2)23-17-11-8-10-16(13(17)3)21-19(22)18-14(4)20-15(5)24-18/h8,10-12H,6-7,9H2,1-5H3,(H,21,22). The first-order chi connectivity index (χ1) is 11.4. The minimum absolute atomic E-state index is 0.114. The normalized spacial score (nSPS) is 12.0. The van der Waals surface area contributed by atoms with E-state index in [4.69, 9.17) is 4.74 Å². The van der Waals surface area contributed by atoms with Crippen LogP contribution in [0.4, 0.5) is 5.69 Å². The van der Waals surface area contributed by atoms with Crippen LogP contribution < -0.4 is 10.1 Å². The average Bonchev–Trinajstić information content (AvgIpc) is 2.88. The van der Waals surface area contributed by atoms with Crippen LogP contribution in [-0.4, -0.2) is 17.0 Å². The second kappa shape index (κ2) is 8.29. The zero-order chi connectivity index (χ0) is 17.7. The van der Waals surface area contributed by atoms with Crippen molar-refractivity contribution in [1.29, 1.82) is 0 Å². The molecule has 1 aromatic heterocycles. The molecule has 2 rings (SSSR count). The van der Waals surface area contributed by atoms with Crippen molar-refractivity contribution < 1.29 is 9.53 Å². The van der Waals surface area contributed by atoms with Crippen molar-refractivity contribution in [1.82, 2.24) is 4.98 Å². The van der Waals surface area contributed by atoms with Crippen molar-refractivity contribution in [2.24, 2.45) is 0 Å². The molecule has 2 aromatic rings. The highest BCUT2D eigenvalue weighted by atomic mass is 32.1. The number of rotatable bonds is 7. The summed E-state index contributed by atoms with van der Waals surface area (Å²) in [5, 5.41) is 3.89. The monoisotopic (exact) mass is 346 g/mol. The summed E-state index contributed by atoms with van der Waals surface area (Å²) in [5.74, 6) is 0.714. The number of anilines is 1. The Morgan fingerprint density at radius 2 is 2.08 bits per heavy atom. The van der Waals surface area contributed by atoms with Crippen LogP contribution in [0.15, 0.2) is 18.2 Å². The Labute approximate surface area is 148 Å². The molecule has 0 radical (unpaired) electrons. The Morgan fingerprint density at radius 3 is 2.71 bits per heavy atom. The lowest BCUT2D eigenvalue weighted by Gasteiger charge is -2.18. The Bertz CT molecular complexity index is 709. The first-order valence-electron chi connectivity index (χ1n) is 8.44. The van der Waals surface area contributed by atoms with E-state index in [0.29, 0.717) is 4.88 Å². The van der Waals surface area contributed by atoms with E-state index >= 15 is 0 Å². The van der Waals surface area contributed by atoms with Crippen LogP contribution in [-0.2, 0) is 0 Å². The predicted octanol–water partition coefficient (Wildman–Crippen LogP) is 5.28. The van der Waals surface area contributed by atoms with Gasteiger partial charge in [0.1, 0.15) is 10.6 Å². The lowest BCUT2D eigenvalue weighted by atomic mass is 10.1. The fraction of sp³-hybridized carbons (Fsp3) is 0.474. The Morgan fingerprint density at radius 1 is 1.33 bits per heavy atom. The summed E-state index contributed by atoms with van der Waals surface area (Å²) < 4.78 is 6.04. The third-order valence-electron chi connectivity index (χ3n) is 3.93. The van der Waals surface area contributed by atoms with E-state index in [9.17, 15) is 4.79 Å². The fourth-order valence-electron chi connectivity index (χ4n) is 2.57. The molecule has 1 aromatic carbocycles. The summed E-state index contributed by atoms with van der Waals surface area (Å²) in [6.07, 6.45) is 3.52. The molecule has 130 valence electrons. The molecule has 1 N–H and O–H groups in total. The molecule has 0 saturated heterocycles. The van der Waals surface area contributed by atoms with E-state index in [0.717, 1.165) is 47.0 Å². The maximum Gasteiger partial charge on any atom is 0.267 e. The van der Waals surface area contributed by atoms with E-state index < -0.39 is 0 Å². The number of aromatic nitrogens is 1. The molecule has 0 spiro atoms. The highest BCUT2D eigenvalue weighted by molar-refractivity contribution is 7.13. The van der Waals surface area contributed by atoms with Crippen molar-refractivity contribution >= 4 is 22.9 Å². The number of unbranched alkanes of at least 4 members (excludes halogenated alkanes) is 1. The Kier molecular flexibility index (Phi) is 6.37. The number of thiazole rings is 1. The number of amides is 1. The van der Waals surface area contributed by atoms with Gasteiger partial charge in [-0.15, -0.1) is 11.3 Å². The molecule has 4 nitrogen and oxygen atoms in total. The smallest absolute Gasteiger partial charge is 0.267 e. The predicted molar refractivity (Wildman–Crippen MR) is 100 cm³/mol. The quantitative estimate of drug-likeness (QED) is 0.742. The van der Waals surface area contributed by atoms with Gasteiger partial charge in [0.2, 0.25) is 0 Å². The minimum atomic E-state index is -0.114. The Hall–Kier alpha value is -1.88. The number of hydrogen-bond donors (Lipinski definition) is 1. The second-order valence-electron chi connectivity index (χ2n) is 6.10. The topological polar surface area (TPSA) is 51.2 Å². The molecule has 0 fully saturated rings. The summed E-state index contributed by atoms with van der Waals surface area (Å²) in [7, 11) is 0. The van der Waals surface area contributed by atoms with Crippen LogP contribution in [0.1, 0.15) is 59.0 Å². The van der Waals surface area contributed by atoms with Crippen molar-refractivity contribution in [3.05, 3.63) is 39.3 Å². The summed E-state index contributed by atoms with van der Waals surface area (Å²) in [6.45, 7) is 10.0. The highest BCUT2D eigenvalue weighted by Crippen LogP contribution is 2.28. The van der Waals surface area contributed by atoms with E-state index in [1.807, 2.05) is 39.0 Å². The molecule has 1 atom stereocenters. The van der Waals surface area contributed by atoms with Crippen molar-refractivity contribution in [2.75, 3.05) is 5.32 Å². The number of nitrogens with one attached hydrogen (secondary N) is 1. The Balaban J connectivity index is 2.12. The number of aryl methyl sites for hydroxylation is 2. The zero-order valence-corrected chi connectivity index (χ0v) is 15.9. The molecule has 0 aliphatic rings. The zero-order valence-electron chi connectivity index (χ0n) is 15.1. The van der Waals surface area contributed by atoms with E-state index in [2.05, 4.69) is 24.1 Å². The number of ether oxygens (including phenoxy) is 1. The number of nitrogens with zero attached hydrogens (tertiary/aromatic N) is 1. The number of carbonyl (C=O) groups is 1. The van der Waals surface area contributed by atoms with Gasteiger partial charge in [-0.3, -0.25) is 4.79 Å². The van der Waals surface area contributed by atoms with Gasteiger partial charge in [-0.05, 0) is 46.2 Å². The number of benzene rings is 1. The molecule has 5 heteroatoms. The molecule has 0 bridgehead atoms. The van der Waals surface area contributed by atoms with E-state index in [-0.39, 0.29) is 12.0 Å². The van der Waals surface area contributed by atoms with Gasteiger partial charge in [0.15, 0.2) is 0 Å². The largest absolute Gasteiger partial charge is 0.490 e. The van der Waals surface area contributed by atoms with Gasteiger partial charge in [0, 0.05) is 11.3 Å². The van der Waals surface area contributed by atoms with Crippen LogP contribution in [0, 0.1) is 20.8 Å². The molecule has 0 aliphatic carbocycles. The third-order valence-corrected chi connectivity index (χ3v) is 5.01. The molecule has 1 heterocycles. The van der Waals surface area contributed by atoms with Crippen molar-refractivity contribution in [2.45, 2.75) is 60.0 Å². The highest BCUT2D eigenvalue weighted by Gasteiger charge is 2.16. The number of hydrogen-bond acceptors (Lipinski definition) is 4. The van der Waals surface area contributed by atoms with E-state index in [1.165, 1.54) is 11.3 Å². The molecule has 1 unspecified atom stereocenters. The van der Waals surface area contributed by atoms with Crippen LogP contribution >= 0.6 is 11.3 Å². The maximum absolute atomic E-state index is 12.5. The van der Waals surface area contributed by atoms with Gasteiger partial charge in [0.05, 0.1) is 16.8 Å². The first kappa shape index (κ1) is 18.5. The lowest BCUT2D eigenvalue weighted by Crippen LogP contribution is -2.15. The summed E-state index contributed by atoms with van der Waals surface area (Å²) in [5.41, 5.74) is 2.51. The first-order valence-corrected chi connectivity index (χ1v) is 9.25. The van der Waals surface area contributed by atoms with Gasteiger partial charge in [-0.1, -0.05) is 25.8 Å². The maximum atomic E-state index is 12.5. The fourth-order valence-corrected chi connectivity index (χ4v) is 3.38. The lowest BCUT2D eigenvalue weighted by molar-refractivity contribution is 0.102. The van der Waals surface area contributed by atoms with Crippen LogP contribution in [0.5, 0.6) is 5.75 Å². The van der Waals surface area contributed by atoms with Crippen LogP contribution in [0.2, 0.25) is 0 Å². The van der Waals surface area contributed by atoms with Gasteiger partial charge in [-0.2, -0.15) is 0 Å². The SMILES string of the molecule is CCCCC(C)Oc1cccc(NC(=O)c2sc(C)nc2C)c1C. The summed E-state index contributed by atoms with van der Waals surface area (Å²) >= 11 is 1.42. The van der Waals surface area contributed by atoms with E-state index in [1.54, 1.807) is 0 Å². The number of carbonyl (C=O) groups excluding carboxylic acids is 1. The molecule has 0 saturated carbocycles. The minimum Gasteiger partial charge on any atom is -0.490 e. The van der Waals surface area contributed by atoms with Crippen molar-refractivity contribution in [3.8, 4) is 5.75 Å². The average molecular weight is 346 g/mol. The molecular formula is C19H26N2O2S.